The zero-order valence-electron chi connectivity index (χ0n) is 6.92. The molecule has 5 N–H and O–H groups in total. The molecule has 1 aliphatic heterocycles. The van der Waals surface area contributed by atoms with Gasteiger partial charge in [-0.15, -0.1) is 0 Å². The molecule has 1 rings (SSSR count). The first-order valence-corrected chi connectivity index (χ1v) is 3.96. The van der Waals surface area contributed by atoms with E-state index in [1.807, 2.05) is 0 Å². The van der Waals surface area contributed by atoms with Crippen molar-refractivity contribution in [3.8, 4) is 0 Å². The van der Waals surface area contributed by atoms with Crippen LogP contribution in [0.25, 0.3) is 0 Å². The van der Waals surface area contributed by atoms with Gasteiger partial charge in [-0.05, 0) is 6.92 Å². The van der Waals surface area contributed by atoms with Gasteiger partial charge in [0.2, 0.25) is 0 Å². The first-order valence-electron chi connectivity index (χ1n) is 3.96. The number of aliphatic hydroxyl groups is 3. The molecule has 1 saturated heterocycles. The topological polar surface area (TPSA) is 95.9 Å². The van der Waals surface area contributed by atoms with Gasteiger partial charge in [-0.1, -0.05) is 7.43 Å². The Balaban J connectivity index is 0.00000144. The summed E-state index contributed by atoms with van der Waals surface area (Å²) in [6.07, 6.45) is -3.19. The Hall–Kier alpha value is -0.200. The third kappa shape index (κ3) is 2.38. The zero-order valence-corrected chi connectivity index (χ0v) is 6.92. The molecule has 1 heterocycles. The first-order chi connectivity index (χ1) is 5.57. The van der Waals surface area contributed by atoms with E-state index in [1.54, 1.807) is 6.92 Å². The first kappa shape index (κ1) is 12.8. The van der Waals surface area contributed by atoms with Crippen molar-refractivity contribution in [3.63, 3.8) is 0 Å². The quantitative estimate of drug-likeness (QED) is 0.404. The smallest absolute Gasteiger partial charge is 0.110 e. The van der Waals surface area contributed by atoms with Crippen LogP contribution in [-0.2, 0) is 4.74 Å². The third-order valence-electron chi connectivity index (χ3n) is 2.24. The normalized spacial score (nSPS) is 45.5. The van der Waals surface area contributed by atoms with Gasteiger partial charge in [-0.2, -0.15) is 0 Å². The zero-order chi connectivity index (χ0) is 9.30. The molecule has 1 fully saturated rings. The fourth-order valence-corrected chi connectivity index (χ4v) is 1.32. The Morgan fingerprint density at radius 3 is 2.31 bits per heavy atom. The minimum atomic E-state index is -1.10. The molecule has 0 saturated carbocycles. The van der Waals surface area contributed by atoms with Crippen LogP contribution < -0.4 is 5.73 Å². The molecule has 0 spiro atoms. The fourth-order valence-electron chi connectivity index (χ4n) is 1.32. The molecule has 13 heavy (non-hydrogen) atoms. The molecule has 5 atom stereocenters. The van der Waals surface area contributed by atoms with Gasteiger partial charge in [0, 0.05) is 0 Å². The molecule has 0 aromatic heterocycles. The maximum Gasteiger partial charge on any atom is 0.110 e. The Kier molecular flexibility index (Phi) is 4.80. The monoisotopic (exact) mass is 193 g/mol. The second-order valence-electron chi connectivity index (χ2n) is 3.12. The van der Waals surface area contributed by atoms with E-state index in [2.05, 4.69) is 0 Å². The maximum atomic E-state index is 9.35. The maximum absolute atomic E-state index is 9.35. The van der Waals surface area contributed by atoms with Gasteiger partial charge in [-0.25, -0.2) is 0 Å². The molecule has 5 nitrogen and oxygen atoms in total. The Morgan fingerprint density at radius 1 is 1.31 bits per heavy atom. The van der Waals surface area contributed by atoms with Gasteiger partial charge in [0.1, 0.15) is 18.3 Å². The van der Waals surface area contributed by atoms with Gasteiger partial charge < -0.3 is 25.8 Å². The van der Waals surface area contributed by atoms with Crippen LogP contribution in [0, 0.1) is 0 Å². The summed E-state index contributed by atoms with van der Waals surface area (Å²) >= 11 is 0. The van der Waals surface area contributed by atoms with Crippen molar-refractivity contribution >= 4 is 0 Å². The molecule has 5 unspecified atom stereocenters. The van der Waals surface area contributed by atoms with Crippen LogP contribution in [0.5, 0.6) is 0 Å². The highest BCUT2D eigenvalue weighted by Crippen LogP contribution is 2.18. The number of ether oxygens (including phenoxy) is 1. The summed E-state index contributed by atoms with van der Waals surface area (Å²) in [6, 6.07) is -0.595. The minimum Gasteiger partial charge on any atom is -0.394 e. The van der Waals surface area contributed by atoms with E-state index in [-0.39, 0.29) is 20.1 Å². The Labute approximate surface area is 78.1 Å². The lowest BCUT2D eigenvalue weighted by Gasteiger charge is -2.39. The van der Waals surface area contributed by atoms with Gasteiger partial charge in [0.15, 0.2) is 0 Å². The average Bonchev–Trinajstić information content (AvgIpc) is 2.08. The Bertz CT molecular complexity index is 150. The number of nitrogens with two attached hydrogens (primary N) is 1. The number of hydrogen-bond acceptors (Lipinski definition) is 5. The second kappa shape index (κ2) is 4.88. The summed E-state index contributed by atoms with van der Waals surface area (Å²) in [5, 5.41) is 27.4. The average molecular weight is 193 g/mol. The lowest BCUT2D eigenvalue weighted by molar-refractivity contribution is -0.183. The minimum absolute atomic E-state index is 0. The van der Waals surface area contributed by atoms with Crippen LogP contribution in [0.3, 0.4) is 0 Å². The molecule has 0 amide bonds. The summed E-state index contributed by atoms with van der Waals surface area (Å²) in [6.45, 7) is 1.39. The summed E-state index contributed by atoms with van der Waals surface area (Å²) < 4.78 is 5.15. The van der Waals surface area contributed by atoms with Crippen molar-refractivity contribution in [3.05, 3.63) is 0 Å². The number of rotatable bonds is 1. The van der Waals surface area contributed by atoms with E-state index < -0.39 is 24.4 Å². The van der Waals surface area contributed by atoms with Crippen LogP contribution in [0.4, 0.5) is 0 Å². The number of aliphatic hydroxyl groups excluding tert-OH is 3. The van der Waals surface area contributed by atoms with Crippen LogP contribution in [0.1, 0.15) is 14.4 Å². The molecule has 0 aromatic rings. The summed E-state index contributed by atoms with van der Waals surface area (Å²) in [5.74, 6) is 0. The van der Waals surface area contributed by atoms with E-state index in [1.165, 1.54) is 0 Å². The van der Waals surface area contributed by atoms with Gasteiger partial charge in [-0.3, -0.25) is 0 Å². The largest absolute Gasteiger partial charge is 0.394 e. The van der Waals surface area contributed by atoms with Crippen LogP contribution in [0.2, 0.25) is 0 Å². The summed E-state index contributed by atoms with van der Waals surface area (Å²) in [7, 11) is 0. The molecule has 0 bridgehead atoms. The molecule has 0 aromatic carbocycles. The molecule has 80 valence electrons. The van der Waals surface area contributed by atoms with Crippen molar-refractivity contribution in [1.29, 1.82) is 0 Å². The highest BCUT2D eigenvalue weighted by Gasteiger charge is 2.40. The predicted molar refractivity (Wildman–Crippen MR) is 48.1 cm³/mol. The van der Waals surface area contributed by atoms with E-state index in [9.17, 15) is 10.2 Å². The molecule has 5 heteroatoms. The van der Waals surface area contributed by atoms with Gasteiger partial charge in [0.05, 0.1) is 18.8 Å². The van der Waals surface area contributed by atoms with Gasteiger partial charge in [0.25, 0.3) is 0 Å². The molecule has 0 radical (unpaired) electrons. The fraction of sp³-hybridized carbons (Fsp3) is 1.00. The molecule has 0 aliphatic carbocycles. The Morgan fingerprint density at radius 2 is 1.85 bits per heavy atom. The summed E-state index contributed by atoms with van der Waals surface area (Å²) in [5.41, 5.74) is 5.51. The van der Waals surface area contributed by atoms with E-state index in [0.717, 1.165) is 0 Å². The van der Waals surface area contributed by atoms with Crippen LogP contribution >= 0.6 is 0 Å². The van der Waals surface area contributed by atoms with Crippen molar-refractivity contribution in [2.75, 3.05) is 6.61 Å². The van der Waals surface area contributed by atoms with E-state index in [4.69, 9.17) is 15.6 Å². The van der Waals surface area contributed by atoms with E-state index in [0.29, 0.717) is 0 Å². The SMILES string of the molecule is C.CC1OC(CO)C(O)C(O)C1N. The van der Waals surface area contributed by atoms with Crippen molar-refractivity contribution < 1.29 is 20.1 Å². The molecule has 1 aliphatic rings. The van der Waals surface area contributed by atoms with Gasteiger partial charge >= 0.3 is 0 Å². The highest BCUT2D eigenvalue weighted by atomic mass is 16.5. The predicted octanol–water partition coefficient (Wildman–Crippen LogP) is -1.55. The van der Waals surface area contributed by atoms with Crippen LogP contribution in [0.15, 0.2) is 0 Å². The second-order valence-corrected chi connectivity index (χ2v) is 3.12. The molecular weight excluding hydrogens is 174 g/mol. The summed E-state index contributed by atoms with van der Waals surface area (Å²) in [4.78, 5) is 0. The third-order valence-corrected chi connectivity index (χ3v) is 2.24. The standard InChI is InChI=1S/C7H15NO4.CH4/c1-3-5(8)7(11)6(10)4(2-9)12-3;/h3-7,9-11H,2,8H2,1H3;1H4. The number of hydrogen-bond donors (Lipinski definition) is 4. The lowest BCUT2D eigenvalue weighted by atomic mass is 9.94. The van der Waals surface area contributed by atoms with Crippen LogP contribution in [-0.4, -0.2) is 52.4 Å². The lowest BCUT2D eigenvalue weighted by Crippen LogP contribution is -2.60. The van der Waals surface area contributed by atoms with Crippen molar-refractivity contribution in [1.82, 2.24) is 0 Å². The highest BCUT2D eigenvalue weighted by molar-refractivity contribution is 4.92. The van der Waals surface area contributed by atoms with Crippen molar-refractivity contribution in [2.45, 2.75) is 44.8 Å². The van der Waals surface area contributed by atoms with Crippen molar-refractivity contribution in [2.24, 2.45) is 5.73 Å². The van der Waals surface area contributed by atoms with E-state index >= 15 is 0 Å². The molecular formula is C8H19NO4.